The zero-order valence-corrected chi connectivity index (χ0v) is 47.9. The summed E-state index contributed by atoms with van der Waals surface area (Å²) in [4.78, 5) is 111. The first-order valence-electron chi connectivity index (χ1n) is 27.8. The molecule has 2 aromatic carbocycles. The minimum absolute atomic E-state index is 0.0478. The number of pyridine rings is 2. The van der Waals surface area contributed by atoms with Gasteiger partial charge in [-0.05, 0) is 107 Å². The number of alkyl halides is 1. The maximum atomic E-state index is 14.9. The molecule has 3 fully saturated rings. The second-order valence-corrected chi connectivity index (χ2v) is 20.7. The zero-order chi connectivity index (χ0) is 60.3. The SMILES string of the molecule is C/C(C=O)=C/N(CC=O)C(=O)N(C)CCOCCN(C)C(=O)N(/C=C(/C)C=O)CC(=O)NCC(F)CCC(=O)NC(c1ccccc1)c1ccc(C2CC2)c(F)n1.CN1CCCC1C(=O)NCc1ccccc1.Fc1ncccc1C1CC1. The first-order valence-corrected chi connectivity index (χ1v) is 27.8. The van der Waals surface area contributed by atoms with Crippen molar-refractivity contribution in [3.63, 3.8) is 0 Å². The van der Waals surface area contributed by atoms with E-state index in [1.165, 1.54) is 56.3 Å². The molecule has 19 nitrogen and oxygen atoms in total. The number of nitrogens with one attached hydrogen (secondary N) is 3. The number of halogens is 3. The van der Waals surface area contributed by atoms with E-state index >= 15 is 0 Å². The Hall–Kier alpha value is -8.11. The highest BCUT2D eigenvalue weighted by Crippen LogP contribution is 2.41. The maximum absolute atomic E-state index is 14.9. The van der Waals surface area contributed by atoms with Gasteiger partial charge in [0.1, 0.15) is 31.6 Å². The lowest BCUT2D eigenvalue weighted by atomic mass is 10.0. The summed E-state index contributed by atoms with van der Waals surface area (Å²) in [6.45, 7) is 3.71. The molecular formula is C61H77F3N10O9. The fraction of sp³-hybridized carbons (Fsp3) is 0.443. The number of ether oxygens (including phenoxy) is 1. The number of carbonyl (C=O) groups excluding carboxylic acids is 8. The van der Waals surface area contributed by atoms with Crippen LogP contribution in [0.4, 0.5) is 22.8 Å². The average molecular weight is 1150 g/mol. The minimum Gasteiger partial charge on any atom is -0.378 e. The van der Waals surface area contributed by atoms with Gasteiger partial charge >= 0.3 is 12.1 Å². The van der Waals surface area contributed by atoms with Crippen LogP contribution in [0.1, 0.15) is 111 Å². The van der Waals surface area contributed by atoms with Crippen molar-refractivity contribution in [1.29, 1.82) is 0 Å². The standard InChI is InChI=1S/C40H51F2N7O8.C13H18N2O.C8H8FN/c1-28(26-51)23-48(16-19-50)39(55)46(3)17-20-57-21-18-47(4)40(56)49(24-29(2)27-52)25-36(54)43-22-32(41)12-15-35(53)45-37(31-8-6-5-7-9-31)34-14-13-33(30-10-11-30)38(42)44-34;1-15-9-5-8-12(15)13(16)14-10-11-6-3-2-4-7-11;9-8-7(6-3-4-6)2-1-5-10-8/h5-9,13-14,19,23-24,26-27,30,32,37H,10-12,15-18,20-22,25H2,1-4H3,(H,43,54)(H,45,53);2-4,6-7,12H,5,8-10H2,1H3,(H,14,16);1-2,5-6H,3-4H2/b28-23-,29-24-;;. The Morgan fingerprint density at radius 3 is 1.88 bits per heavy atom. The van der Waals surface area contributed by atoms with Crippen molar-refractivity contribution >= 4 is 48.6 Å². The van der Waals surface area contributed by atoms with Crippen molar-refractivity contribution in [3.05, 3.63) is 155 Å². The van der Waals surface area contributed by atoms with Crippen LogP contribution in [0.15, 0.2) is 115 Å². The highest BCUT2D eigenvalue weighted by Gasteiger charge is 2.30. The molecule has 3 N–H and O–H groups in total. The number of aromatic nitrogens is 2. The molecule has 3 unspecified atom stereocenters. The smallest absolute Gasteiger partial charge is 0.324 e. The largest absolute Gasteiger partial charge is 0.378 e. The summed E-state index contributed by atoms with van der Waals surface area (Å²) >= 11 is 0. The molecule has 22 heteroatoms. The van der Waals surface area contributed by atoms with Crippen LogP contribution in [0.2, 0.25) is 0 Å². The van der Waals surface area contributed by atoms with E-state index in [9.17, 15) is 51.5 Å². The van der Waals surface area contributed by atoms with Crippen LogP contribution in [-0.4, -0.2) is 169 Å². The zero-order valence-electron chi connectivity index (χ0n) is 47.9. The van der Waals surface area contributed by atoms with Crippen molar-refractivity contribution in [2.24, 2.45) is 0 Å². The third-order valence-electron chi connectivity index (χ3n) is 13.8. The van der Waals surface area contributed by atoms with Gasteiger partial charge in [-0.2, -0.15) is 8.78 Å². The number of likely N-dealkylation sites (tertiary alicyclic amines) is 1. The number of nitrogens with zero attached hydrogens (tertiary/aromatic N) is 7. The van der Waals surface area contributed by atoms with Crippen LogP contribution in [0.25, 0.3) is 0 Å². The van der Waals surface area contributed by atoms with Gasteiger partial charge in [0.05, 0.1) is 37.5 Å². The number of likely N-dealkylation sites (N-methyl/N-ethyl adjacent to an activating group) is 3. The van der Waals surface area contributed by atoms with E-state index in [0.29, 0.717) is 48.1 Å². The molecule has 7 amide bonds. The van der Waals surface area contributed by atoms with Crippen LogP contribution < -0.4 is 16.0 Å². The molecule has 3 heterocycles. The topological polar surface area (TPSA) is 224 Å². The number of urea groups is 2. The van der Waals surface area contributed by atoms with Gasteiger partial charge in [-0.1, -0.05) is 72.8 Å². The lowest BCUT2D eigenvalue weighted by molar-refractivity contribution is -0.125. The Bertz CT molecular complexity index is 2840. The van der Waals surface area contributed by atoms with Crippen LogP contribution in [0.3, 0.4) is 0 Å². The third-order valence-corrected chi connectivity index (χ3v) is 13.8. The molecule has 3 aliphatic rings. The normalized spacial score (nSPS) is 15.6. The molecule has 2 aliphatic carbocycles. The number of hydrogen-bond donors (Lipinski definition) is 3. The summed E-state index contributed by atoms with van der Waals surface area (Å²) in [7, 11) is 4.96. The molecule has 83 heavy (non-hydrogen) atoms. The van der Waals surface area contributed by atoms with Gasteiger partial charge in [0, 0.05) is 87.6 Å². The quantitative estimate of drug-likeness (QED) is 0.0234. The molecule has 2 aromatic heterocycles. The second kappa shape index (κ2) is 34.4. The Balaban J connectivity index is 0.000000388. The van der Waals surface area contributed by atoms with E-state index < -0.39 is 55.1 Å². The summed E-state index contributed by atoms with van der Waals surface area (Å²) in [6, 6.07) is 24.1. The lowest BCUT2D eigenvalue weighted by Crippen LogP contribution is -2.45. The monoisotopic (exact) mass is 1150 g/mol. The molecule has 0 bridgehead atoms. The van der Waals surface area contributed by atoms with Crippen molar-refractivity contribution in [3.8, 4) is 0 Å². The van der Waals surface area contributed by atoms with Crippen molar-refractivity contribution in [1.82, 2.24) is 50.4 Å². The Morgan fingerprint density at radius 1 is 0.735 bits per heavy atom. The predicted molar refractivity (Wildman–Crippen MR) is 306 cm³/mol. The predicted octanol–water partition coefficient (Wildman–Crippen LogP) is 7.16. The number of benzene rings is 2. The van der Waals surface area contributed by atoms with Gasteiger partial charge in [0.15, 0.2) is 0 Å². The van der Waals surface area contributed by atoms with E-state index in [1.807, 2.05) is 43.4 Å². The van der Waals surface area contributed by atoms with Gasteiger partial charge in [0.2, 0.25) is 29.6 Å². The molecule has 1 aliphatic heterocycles. The van der Waals surface area contributed by atoms with Crippen molar-refractivity contribution in [2.45, 2.75) is 102 Å². The number of allylic oxidation sites excluding steroid dienone is 2. The van der Waals surface area contributed by atoms with Gasteiger partial charge in [-0.15, -0.1) is 0 Å². The molecule has 3 atom stereocenters. The third kappa shape index (κ3) is 22.6. The van der Waals surface area contributed by atoms with Gasteiger partial charge in [0.25, 0.3) is 0 Å². The fourth-order valence-corrected chi connectivity index (χ4v) is 8.71. The Kier molecular flexibility index (Phi) is 27.2. The first-order chi connectivity index (χ1) is 39.9. The first kappa shape index (κ1) is 65.7. The van der Waals surface area contributed by atoms with Crippen LogP contribution in [0, 0.1) is 11.9 Å². The van der Waals surface area contributed by atoms with E-state index in [0.717, 1.165) is 66.0 Å². The number of amides is 7. The minimum atomic E-state index is -1.61. The van der Waals surface area contributed by atoms with Gasteiger partial charge in [-0.25, -0.2) is 23.9 Å². The average Bonchev–Trinajstić information content (AvgIpc) is 4.59. The summed E-state index contributed by atoms with van der Waals surface area (Å²) in [5.74, 6) is -1.28. The number of carbonyl (C=O) groups is 8. The molecule has 1 saturated heterocycles. The van der Waals surface area contributed by atoms with E-state index in [-0.39, 0.29) is 80.7 Å². The lowest BCUT2D eigenvalue weighted by Gasteiger charge is -2.26. The highest BCUT2D eigenvalue weighted by molar-refractivity contribution is 5.86. The molecule has 2 saturated carbocycles. The number of aldehydes is 3. The van der Waals surface area contributed by atoms with E-state index in [2.05, 4.69) is 30.8 Å². The van der Waals surface area contributed by atoms with Crippen LogP contribution in [-0.2, 0) is 40.0 Å². The van der Waals surface area contributed by atoms with E-state index in [4.69, 9.17) is 4.74 Å². The number of hydrogen-bond acceptors (Lipinski definition) is 12. The van der Waals surface area contributed by atoms with Crippen LogP contribution >= 0.6 is 0 Å². The molecule has 7 rings (SSSR count). The van der Waals surface area contributed by atoms with E-state index in [1.54, 1.807) is 48.5 Å². The molecule has 446 valence electrons. The van der Waals surface area contributed by atoms with Crippen molar-refractivity contribution < 1.29 is 56.3 Å². The van der Waals surface area contributed by atoms with Crippen LogP contribution in [0.5, 0.6) is 0 Å². The van der Waals surface area contributed by atoms with Gasteiger partial charge in [-0.3, -0.25) is 38.7 Å². The summed E-state index contributed by atoms with van der Waals surface area (Å²) < 4.78 is 48.1. The highest BCUT2D eigenvalue weighted by atomic mass is 19.1. The molecule has 4 aromatic rings. The summed E-state index contributed by atoms with van der Waals surface area (Å²) in [5, 5.41) is 8.24. The molecule has 0 spiro atoms. The molecular weight excluding hydrogens is 1070 g/mol. The Morgan fingerprint density at radius 2 is 1.33 bits per heavy atom. The van der Waals surface area contributed by atoms with Crippen molar-refractivity contribution in [2.75, 3.05) is 73.6 Å². The fourth-order valence-electron chi connectivity index (χ4n) is 8.71. The van der Waals surface area contributed by atoms with Gasteiger partial charge < -0.3 is 35.3 Å². The molecule has 0 radical (unpaired) electrons. The number of rotatable bonds is 27. The second-order valence-electron chi connectivity index (χ2n) is 20.7. The summed E-state index contributed by atoms with van der Waals surface area (Å²) in [5.41, 5.74) is 3.89. The summed E-state index contributed by atoms with van der Waals surface area (Å²) in [6.07, 6.45) is 9.65. The Labute approximate surface area is 483 Å². The maximum Gasteiger partial charge on any atom is 0.324 e.